The highest BCUT2D eigenvalue weighted by Crippen LogP contribution is 2.21. The van der Waals surface area contributed by atoms with Crippen molar-refractivity contribution in [2.75, 3.05) is 19.6 Å². The molecule has 0 saturated heterocycles. The molecule has 1 atom stereocenters. The van der Waals surface area contributed by atoms with Crippen LogP contribution in [-0.4, -0.2) is 48.6 Å². The highest BCUT2D eigenvalue weighted by Gasteiger charge is 2.36. The minimum atomic E-state index is -3.58. The molecule has 0 saturated carbocycles. The predicted octanol–water partition coefficient (Wildman–Crippen LogP) is 1.37. The number of rotatable bonds is 6. The SMILES string of the molecule is CCN(CC)S(=O)(=O)C1CN=C(c2ccc([N+](=O)[O-])cc2)O1. The molecule has 0 N–H and O–H groups in total. The Kier molecular flexibility index (Phi) is 4.77. The van der Waals surface area contributed by atoms with Crippen molar-refractivity contribution < 1.29 is 18.1 Å². The molecule has 0 amide bonds. The maximum atomic E-state index is 12.4. The van der Waals surface area contributed by atoms with E-state index in [4.69, 9.17) is 4.74 Å². The Labute approximate surface area is 128 Å². The maximum Gasteiger partial charge on any atom is 0.269 e. The van der Waals surface area contributed by atoms with Gasteiger partial charge in [-0.15, -0.1) is 0 Å². The van der Waals surface area contributed by atoms with Crippen molar-refractivity contribution in [1.82, 2.24) is 4.31 Å². The fourth-order valence-electron chi connectivity index (χ4n) is 2.15. The van der Waals surface area contributed by atoms with Gasteiger partial charge in [-0.25, -0.2) is 13.4 Å². The van der Waals surface area contributed by atoms with E-state index in [0.29, 0.717) is 18.7 Å². The number of nitro benzene ring substituents is 1. The topological polar surface area (TPSA) is 102 Å². The number of hydrogen-bond acceptors (Lipinski definition) is 6. The Morgan fingerprint density at radius 2 is 1.91 bits per heavy atom. The molecule has 0 fully saturated rings. The van der Waals surface area contributed by atoms with Crippen LogP contribution in [0.3, 0.4) is 0 Å². The molecule has 1 unspecified atom stereocenters. The molecule has 1 heterocycles. The first-order valence-corrected chi connectivity index (χ1v) is 8.35. The van der Waals surface area contributed by atoms with Gasteiger partial charge in [0.15, 0.2) is 0 Å². The van der Waals surface area contributed by atoms with Gasteiger partial charge in [-0.2, -0.15) is 4.31 Å². The number of benzene rings is 1. The average Bonchev–Trinajstić information content (AvgIpc) is 2.99. The summed E-state index contributed by atoms with van der Waals surface area (Å²) in [4.78, 5) is 14.2. The molecule has 0 radical (unpaired) electrons. The third-order valence-electron chi connectivity index (χ3n) is 3.35. The number of non-ortho nitro benzene ring substituents is 1. The zero-order chi connectivity index (χ0) is 16.3. The van der Waals surface area contributed by atoms with E-state index in [9.17, 15) is 18.5 Å². The molecule has 8 nitrogen and oxygen atoms in total. The summed E-state index contributed by atoms with van der Waals surface area (Å²) in [5.41, 5.74) is -0.574. The molecule has 1 aromatic carbocycles. The predicted molar refractivity (Wildman–Crippen MR) is 81.2 cm³/mol. The summed E-state index contributed by atoms with van der Waals surface area (Å²) in [6.45, 7) is 4.27. The molecule has 1 aliphatic rings. The van der Waals surface area contributed by atoms with Gasteiger partial charge >= 0.3 is 0 Å². The van der Waals surface area contributed by atoms with E-state index in [0.717, 1.165) is 0 Å². The summed E-state index contributed by atoms with van der Waals surface area (Å²) in [7, 11) is -3.58. The van der Waals surface area contributed by atoms with Crippen LogP contribution in [0.4, 0.5) is 5.69 Å². The first-order chi connectivity index (χ1) is 10.4. The molecular formula is C13H17N3O5S. The zero-order valence-corrected chi connectivity index (χ0v) is 13.1. The lowest BCUT2D eigenvalue weighted by atomic mass is 10.2. The second kappa shape index (κ2) is 6.41. The molecule has 9 heteroatoms. The lowest BCUT2D eigenvalue weighted by Crippen LogP contribution is -2.40. The van der Waals surface area contributed by atoms with Crippen molar-refractivity contribution in [3.05, 3.63) is 39.9 Å². The summed E-state index contributed by atoms with van der Waals surface area (Å²) in [6, 6.07) is 5.63. The highest BCUT2D eigenvalue weighted by molar-refractivity contribution is 7.89. The van der Waals surface area contributed by atoms with E-state index in [-0.39, 0.29) is 18.1 Å². The van der Waals surface area contributed by atoms with Crippen molar-refractivity contribution in [1.29, 1.82) is 0 Å². The number of nitrogens with zero attached hydrogens (tertiary/aromatic N) is 3. The quantitative estimate of drug-likeness (QED) is 0.580. The molecule has 1 aliphatic heterocycles. The number of sulfonamides is 1. The third kappa shape index (κ3) is 3.09. The van der Waals surface area contributed by atoms with Crippen LogP contribution in [0, 0.1) is 10.1 Å². The van der Waals surface area contributed by atoms with Crippen molar-refractivity contribution in [3.8, 4) is 0 Å². The second-order valence-electron chi connectivity index (χ2n) is 4.63. The van der Waals surface area contributed by atoms with E-state index in [1.807, 2.05) is 0 Å². The fraction of sp³-hybridized carbons (Fsp3) is 0.462. The maximum absolute atomic E-state index is 12.4. The van der Waals surface area contributed by atoms with Crippen LogP contribution >= 0.6 is 0 Å². The molecule has 0 bridgehead atoms. The van der Waals surface area contributed by atoms with Crippen LogP contribution < -0.4 is 0 Å². The van der Waals surface area contributed by atoms with Gasteiger partial charge in [-0.3, -0.25) is 10.1 Å². The molecule has 0 aromatic heterocycles. The van der Waals surface area contributed by atoms with Crippen LogP contribution in [0.5, 0.6) is 0 Å². The van der Waals surface area contributed by atoms with Crippen molar-refractivity contribution in [2.24, 2.45) is 4.99 Å². The highest BCUT2D eigenvalue weighted by atomic mass is 32.2. The minimum absolute atomic E-state index is 0.0190. The number of hydrogen-bond donors (Lipinski definition) is 0. The van der Waals surface area contributed by atoms with Crippen LogP contribution in [0.1, 0.15) is 19.4 Å². The molecule has 0 spiro atoms. The van der Waals surface area contributed by atoms with Crippen LogP contribution in [0.25, 0.3) is 0 Å². The van der Waals surface area contributed by atoms with Gasteiger partial charge < -0.3 is 4.74 Å². The number of ether oxygens (including phenoxy) is 1. The van der Waals surface area contributed by atoms with Gasteiger partial charge in [-0.05, 0) is 12.1 Å². The van der Waals surface area contributed by atoms with E-state index < -0.39 is 20.4 Å². The van der Waals surface area contributed by atoms with Crippen LogP contribution in [-0.2, 0) is 14.8 Å². The smallest absolute Gasteiger partial charge is 0.269 e. The molecular weight excluding hydrogens is 310 g/mol. The average molecular weight is 327 g/mol. The van der Waals surface area contributed by atoms with Crippen LogP contribution in [0.2, 0.25) is 0 Å². The monoisotopic (exact) mass is 327 g/mol. The fourth-order valence-corrected chi connectivity index (χ4v) is 3.67. The summed E-state index contributed by atoms with van der Waals surface area (Å²) in [5.74, 6) is 0.190. The van der Waals surface area contributed by atoms with Gasteiger partial charge in [0.05, 0.1) is 11.5 Å². The Hall–Kier alpha value is -2.00. The standard InChI is InChI=1S/C13H17N3O5S/c1-3-15(4-2)22(19,20)12-9-14-13(21-12)10-5-7-11(8-6-10)16(17)18/h5-8,12H,3-4,9H2,1-2H3. The Bertz CT molecular complexity index is 680. The van der Waals surface area contributed by atoms with Gasteiger partial charge in [0.25, 0.3) is 15.7 Å². The second-order valence-corrected chi connectivity index (χ2v) is 6.70. The van der Waals surface area contributed by atoms with Gasteiger partial charge in [0.2, 0.25) is 11.3 Å². The number of nitro groups is 1. The normalized spacial score (nSPS) is 18.1. The minimum Gasteiger partial charge on any atom is -0.454 e. The van der Waals surface area contributed by atoms with Crippen molar-refractivity contribution >= 4 is 21.6 Å². The van der Waals surface area contributed by atoms with E-state index in [2.05, 4.69) is 4.99 Å². The van der Waals surface area contributed by atoms with E-state index in [1.165, 1.54) is 28.6 Å². The first kappa shape index (κ1) is 16.4. The lowest BCUT2D eigenvalue weighted by Gasteiger charge is -2.22. The Balaban J connectivity index is 2.14. The van der Waals surface area contributed by atoms with Gasteiger partial charge in [0.1, 0.15) is 0 Å². The zero-order valence-electron chi connectivity index (χ0n) is 12.3. The summed E-state index contributed by atoms with van der Waals surface area (Å²) >= 11 is 0. The summed E-state index contributed by atoms with van der Waals surface area (Å²) < 4.78 is 31.5. The first-order valence-electron chi connectivity index (χ1n) is 6.85. The molecule has 2 rings (SSSR count). The van der Waals surface area contributed by atoms with E-state index in [1.54, 1.807) is 13.8 Å². The van der Waals surface area contributed by atoms with Crippen LogP contribution in [0.15, 0.2) is 29.3 Å². The lowest BCUT2D eigenvalue weighted by molar-refractivity contribution is -0.384. The van der Waals surface area contributed by atoms with Gasteiger partial charge in [-0.1, -0.05) is 13.8 Å². The summed E-state index contributed by atoms with van der Waals surface area (Å²) in [6.07, 6.45) is 0. The molecule has 1 aromatic rings. The molecule has 120 valence electrons. The Morgan fingerprint density at radius 3 is 2.41 bits per heavy atom. The largest absolute Gasteiger partial charge is 0.454 e. The molecule has 22 heavy (non-hydrogen) atoms. The molecule has 0 aliphatic carbocycles. The van der Waals surface area contributed by atoms with Crippen molar-refractivity contribution in [2.45, 2.75) is 19.3 Å². The third-order valence-corrected chi connectivity index (χ3v) is 5.50. The van der Waals surface area contributed by atoms with E-state index >= 15 is 0 Å². The van der Waals surface area contributed by atoms with Gasteiger partial charge in [0, 0.05) is 30.8 Å². The Morgan fingerprint density at radius 1 is 1.32 bits per heavy atom. The summed E-state index contributed by atoms with van der Waals surface area (Å²) in [5, 5.41) is 10.6. The number of aliphatic imine (C=N–C) groups is 1. The van der Waals surface area contributed by atoms with Crippen molar-refractivity contribution in [3.63, 3.8) is 0 Å².